The Morgan fingerprint density at radius 1 is 1.30 bits per heavy atom. The third kappa shape index (κ3) is 2.99. The Balaban J connectivity index is 2.13. The number of amides is 1. The lowest BCUT2D eigenvalue weighted by molar-refractivity contribution is -0.130. The predicted octanol–water partition coefficient (Wildman–Crippen LogP) is 1.07. The molecule has 7 heteroatoms. The quantitative estimate of drug-likeness (QED) is 0.836. The first-order valence-electron chi connectivity index (χ1n) is 6.41. The van der Waals surface area contributed by atoms with Crippen molar-refractivity contribution in [3.8, 4) is 0 Å². The molecule has 0 N–H and O–H groups in total. The predicted molar refractivity (Wildman–Crippen MR) is 72.0 cm³/mol. The Bertz CT molecular complexity index is 597. The van der Waals surface area contributed by atoms with E-state index in [2.05, 4.69) is 0 Å². The van der Waals surface area contributed by atoms with Crippen molar-refractivity contribution >= 4 is 15.9 Å². The topological polar surface area (TPSA) is 57.7 Å². The number of halogens is 1. The zero-order valence-corrected chi connectivity index (χ0v) is 12.1. The maximum atomic E-state index is 13.6. The Morgan fingerprint density at radius 2 is 1.90 bits per heavy atom. The molecule has 1 aromatic carbocycles. The van der Waals surface area contributed by atoms with Gasteiger partial charge in [-0.3, -0.25) is 4.79 Å². The zero-order chi connectivity index (χ0) is 14.8. The number of sulfonamides is 1. The molecule has 5 nitrogen and oxygen atoms in total. The molecule has 0 saturated carbocycles. The van der Waals surface area contributed by atoms with Crippen LogP contribution in [0.15, 0.2) is 29.2 Å². The summed E-state index contributed by atoms with van der Waals surface area (Å²) >= 11 is 0. The van der Waals surface area contributed by atoms with Gasteiger partial charge in [-0.1, -0.05) is 12.1 Å². The Hall–Kier alpha value is -1.47. The lowest BCUT2D eigenvalue weighted by atomic mass is 10.4. The van der Waals surface area contributed by atoms with Crippen molar-refractivity contribution < 1.29 is 17.6 Å². The summed E-state index contributed by atoms with van der Waals surface area (Å²) in [6, 6.07) is 5.15. The fraction of sp³-hybridized carbons (Fsp3) is 0.462. The van der Waals surface area contributed by atoms with Crippen molar-refractivity contribution in [2.24, 2.45) is 0 Å². The van der Waals surface area contributed by atoms with Crippen molar-refractivity contribution in [2.45, 2.75) is 17.7 Å². The summed E-state index contributed by atoms with van der Waals surface area (Å²) in [4.78, 5) is 13.2. The first-order valence-corrected chi connectivity index (χ1v) is 7.85. The molecule has 0 aromatic heterocycles. The van der Waals surface area contributed by atoms with Crippen molar-refractivity contribution in [3.63, 3.8) is 0 Å². The highest BCUT2D eigenvalue weighted by molar-refractivity contribution is 7.89. The van der Waals surface area contributed by atoms with E-state index >= 15 is 0 Å². The third-order valence-electron chi connectivity index (χ3n) is 3.34. The maximum absolute atomic E-state index is 13.6. The molecule has 1 heterocycles. The van der Waals surface area contributed by atoms with Crippen LogP contribution in [0.1, 0.15) is 12.8 Å². The summed E-state index contributed by atoms with van der Waals surface area (Å²) in [7, 11) is -2.70. The lowest BCUT2D eigenvalue weighted by Gasteiger charge is -2.21. The second-order valence-corrected chi connectivity index (χ2v) is 6.79. The van der Waals surface area contributed by atoms with Crippen molar-refractivity contribution in [3.05, 3.63) is 30.1 Å². The smallest absolute Gasteiger partial charge is 0.246 e. The molecule has 0 bridgehead atoms. The van der Waals surface area contributed by atoms with E-state index in [-0.39, 0.29) is 12.5 Å². The molecule has 110 valence electrons. The summed E-state index contributed by atoms with van der Waals surface area (Å²) in [6.07, 6.45) is 1.88. The van der Waals surface area contributed by atoms with Gasteiger partial charge in [-0.25, -0.2) is 12.8 Å². The number of benzene rings is 1. The van der Waals surface area contributed by atoms with E-state index in [1.54, 1.807) is 4.90 Å². The van der Waals surface area contributed by atoms with Gasteiger partial charge < -0.3 is 4.90 Å². The Kier molecular flexibility index (Phi) is 4.39. The molecule has 0 atom stereocenters. The van der Waals surface area contributed by atoms with Crippen LogP contribution in [0.4, 0.5) is 4.39 Å². The van der Waals surface area contributed by atoms with E-state index in [1.165, 1.54) is 25.2 Å². The zero-order valence-electron chi connectivity index (χ0n) is 11.3. The summed E-state index contributed by atoms with van der Waals surface area (Å²) in [5.41, 5.74) is 0. The van der Waals surface area contributed by atoms with E-state index in [0.717, 1.165) is 23.2 Å². The number of carbonyl (C=O) groups excluding carboxylic acids is 1. The van der Waals surface area contributed by atoms with Crippen molar-refractivity contribution in [1.82, 2.24) is 9.21 Å². The minimum Gasteiger partial charge on any atom is -0.342 e. The van der Waals surface area contributed by atoms with Crippen LogP contribution in [0.3, 0.4) is 0 Å². The molecule has 0 radical (unpaired) electrons. The molecule has 0 spiro atoms. The second-order valence-electron chi connectivity index (χ2n) is 4.78. The molecule has 1 amide bonds. The highest BCUT2D eigenvalue weighted by Crippen LogP contribution is 2.18. The van der Waals surface area contributed by atoms with Crippen LogP contribution in [-0.4, -0.2) is 50.2 Å². The number of hydrogen-bond donors (Lipinski definition) is 0. The average molecular weight is 300 g/mol. The molecule has 1 aromatic rings. The average Bonchev–Trinajstić information content (AvgIpc) is 2.92. The van der Waals surface area contributed by atoms with E-state index in [1.807, 2.05) is 0 Å². The third-order valence-corrected chi connectivity index (χ3v) is 5.18. The molecular formula is C13H17FN2O3S. The molecule has 1 aliphatic heterocycles. The van der Waals surface area contributed by atoms with Crippen molar-refractivity contribution in [1.29, 1.82) is 0 Å². The van der Waals surface area contributed by atoms with Crippen LogP contribution in [0, 0.1) is 5.82 Å². The van der Waals surface area contributed by atoms with E-state index in [0.29, 0.717) is 13.1 Å². The van der Waals surface area contributed by atoms with Gasteiger partial charge in [0.25, 0.3) is 0 Å². The van der Waals surface area contributed by atoms with Gasteiger partial charge in [-0.15, -0.1) is 0 Å². The van der Waals surface area contributed by atoms with Gasteiger partial charge in [-0.05, 0) is 25.0 Å². The van der Waals surface area contributed by atoms with Gasteiger partial charge in [0.2, 0.25) is 15.9 Å². The normalized spacial score (nSPS) is 15.8. The van der Waals surface area contributed by atoms with Gasteiger partial charge in [0.1, 0.15) is 10.7 Å². The fourth-order valence-corrected chi connectivity index (χ4v) is 3.34. The maximum Gasteiger partial charge on any atom is 0.246 e. The van der Waals surface area contributed by atoms with Gasteiger partial charge >= 0.3 is 0 Å². The molecule has 1 aliphatic rings. The van der Waals surface area contributed by atoms with E-state index in [9.17, 15) is 17.6 Å². The van der Waals surface area contributed by atoms with Crippen LogP contribution < -0.4 is 0 Å². The van der Waals surface area contributed by atoms with Gasteiger partial charge in [0.15, 0.2) is 0 Å². The van der Waals surface area contributed by atoms with Gasteiger partial charge in [0.05, 0.1) is 6.54 Å². The summed E-state index contributed by atoms with van der Waals surface area (Å²) < 4.78 is 38.9. The largest absolute Gasteiger partial charge is 0.342 e. The molecular weight excluding hydrogens is 283 g/mol. The van der Waals surface area contributed by atoms with Crippen LogP contribution in [0.2, 0.25) is 0 Å². The minimum absolute atomic E-state index is 0.245. The van der Waals surface area contributed by atoms with Crippen LogP contribution in [0.5, 0.6) is 0 Å². The number of carbonyl (C=O) groups is 1. The number of nitrogens with zero attached hydrogens (tertiary/aromatic N) is 2. The molecule has 1 fully saturated rings. The van der Waals surface area contributed by atoms with Crippen LogP contribution >= 0.6 is 0 Å². The summed E-state index contributed by atoms with van der Waals surface area (Å²) in [5, 5.41) is 0. The molecule has 2 rings (SSSR count). The molecule has 20 heavy (non-hydrogen) atoms. The van der Waals surface area contributed by atoms with Gasteiger partial charge in [-0.2, -0.15) is 4.31 Å². The lowest BCUT2D eigenvalue weighted by Crippen LogP contribution is -2.40. The Morgan fingerprint density at radius 3 is 2.50 bits per heavy atom. The number of likely N-dealkylation sites (tertiary alicyclic amines) is 1. The Labute approximate surface area is 118 Å². The molecule has 1 saturated heterocycles. The number of rotatable bonds is 4. The first kappa shape index (κ1) is 14.9. The van der Waals surface area contributed by atoms with Gasteiger partial charge in [0, 0.05) is 20.1 Å². The SMILES string of the molecule is CN(CC(=O)N1CCCC1)S(=O)(=O)c1ccccc1F. The van der Waals surface area contributed by atoms with Crippen molar-refractivity contribution in [2.75, 3.05) is 26.7 Å². The monoisotopic (exact) mass is 300 g/mol. The van der Waals surface area contributed by atoms with E-state index < -0.39 is 20.7 Å². The second kappa shape index (κ2) is 5.88. The summed E-state index contributed by atoms with van der Waals surface area (Å²) in [5.74, 6) is -1.06. The summed E-state index contributed by atoms with van der Waals surface area (Å²) in [6.45, 7) is 1.05. The number of hydrogen-bond acceptors (Lipinski definition) is 3. The minimum atomic E-state index is -3.98. The first-order chi connectivity index (χ1) is 9.43. The number of likely N-dealkylation sites (N-methyl/N-ethyl adjacent to an activating group) is 1. The van der Waals surface area contributed by atoms with Crippen LogP contribution in [-0.2, 0) is 14.8 Å². The van der Waals surface area contributed by atoms with E-state index in [4.69, 9.17) is 0 Å². The fourth-order valence-electron chi connectivity index (χ4n) is 2.16. The van der Waals surface area contributed by atoms with Crippen LogP contribution in [0.25, 0.3) is 0 Å². The standard InChI is InChI=1S/C13H17FN2O3S/c1-15(10-13(17)16-8-4-5-9-16)20(18,19)12-7-3-2-6-11(12)14/h2-3,6-7H,4-5,8-10H2,1H3. The molecule has 0 aliphatic carbocycles. The highest BCUT2D eigenvalue weighted by atomic mass is 32.2. The highest BCUT2D eigenvalue weighted by Gasteiger charge is 2.28. The molecule has 0 unspecified atom stereocenters.